The minimum Gasteiger partial charge on any atom is -0.475 e. The molecule has 1 amide bonds. The molecule has 0 spiro atoms. The lowest BCUT2D eigenvalue weighted by Gasteiger charge is -2.27. The lowest BCUT2D eigenvalue weighted by atomic mass is 10.1. The van der Waals surface area contributed by atoms with Crippen LogP contribution >= 0.6 is 0 Å². The van der Waals surface area contributed by atoms with Crippen LogP contribution in [0.3, 0.4) is 0 Å². The maximum absolute atomic E-state index is 12.2. The number of pyridine rings is 1. The number of likely N-dealkylation sites (tertiary alicyclic amines) is 1. The number of carbonyl (C=O) groups is 1. The molecular formula is C16H25N3O2. The molecule has 2 heterocycles. The molecule has 0 saturated carbocycles. The number of hydrogen-bond acceptors (Lipinski definition) is 4. The number of hydrogen-bond donors (Lipinski definition) is 1. The molecule has 1 saturated heterocycles. The first-order valence-electron chi connectivity index (χ1n) is 7.51. The number of rotatable bonds is 6. The Bertz CT molecular complexity index is 462. The fourth-order valence-electron chi connectivity index (χ4n) is 2.60. The predicted molar refractivity (Wildman–Crippen MR) is 82.2 cm³/mol. The summed E-state index contributed by atoms with van der Waals surface area (Å²) in [6.07, 6.45) is 4.54. The van der Waals surface area contributed by atoms with Crippen LogP contribution in [0.15, 0.2) is 24.4 Å². The van der Waals surface area contributed by atoms with Crippen molar-refractivity contribution in [3.05, 3.63) is 24.4 Å². The SMILES string of the molecule is CN1CCCC1CC(=O)NC(C)(C)COc1ccccn1. The highest BCUT2D eigenvalue weighted by molar-refractivity contribution is 5.77. The lowest BCUT2D eigenvalue weighted by molar-refractivity contribution is -0.124. The van der Waals surface area contributed by atoms with Crippen LogP contribution in [0.25, 0.3) is 0 Å². The Morgan fingerprint density at radius 3 is 2.95 bits per heavy atom. The highest BCUT2D eigenvalue weighted by Crippen LogP contribution is 2.18. The number of aromatic nitrogens is 1. The molecule has 0 radical (unpaired) electrons. The zero-order chi connectivity index (χ0) is 15.3. The van der Waals surface area contributed by atoms with E-state index < -0.39 is 5.54 Å². The van der Waals surface area contributed by atoms with Gasteiger partial charge in [-0.1, -0.05) is 6.07 Å². The zero-order valence-electron chi connectivity index (χ0n) is 13.1. The third-order valence-electron chi connectivity index (χ3n) is 3.79. The van der Waals surface area contributed by atoms with Crippen molar-refractivity contribution in [2.75, 3.05) is 20.2 Å². The number of ether oxygens (including phenoxy) is 1. The van der Waals surface area contributed by atoms with Crippen LogP contribution in [0.2, 0.25) is 0 Å². The summed E-state index contributed by atoms with van der Waals surface area (Å²) in [5.41, 5.74) is -0.411. The van der Waals surface area contributed by atoms with E-state index in [1.165, 1.54) is 6.42 Å². The normalized spacial score (nSPS) is 19.5. The monoisotopic (exact) mass is 291 g/mol. The molecule has 1 atom stereocenters. The van der Waals surface area contributed by atoms with E-state index in [0.29, 0.717) is 24.9 Å². The summed E-state index contributed by atoms with van der Waals surface area (Å²) >= 11 is 0. The van der Waals surface area contributed by atoms with Crippen molar-refractivity contribution in [1.29, 1.82) is 0 Å². The quantitative estimate of drug-likeness (QED) is 0.869. The molecular weight excluding hydrogens is 266 g/mol. The Labute approximate surface area is 126 Å². The van der Waals surface area contributed by atoms with Crippen molar-refractivity contribution in [2.24, 2.45) is 0 Å². The fraction of sp³-hybridized carbons (Fsp3) is 0.625. The van der Waals surface area contributed by atoms with E-state index in [2.05, 4.69) is 22.2 Å². The Hall–Kier alpha value is -1.62. The Morgan fingerprint density at radius 1 is 1.52 bits per heavy atom. The molecule has 0 bridgehead atoms. The molecule has 0 aliphatic carbocycles. The summed E-state index contributed by atoms with van der Waals surface area (Å²) in [6, 6.07) is 5.91. The van der Waals surface area contributed by atoms with Gasteiger partial charge in [0.05, 0.1) is 5.54 Å². The summed E-state index contributed by atoms with van der Waals surface area (Å²) in [4.78, 5) is 18.5. The molecule has 1 aliphatic heterocycles. The molecule has 0 aromatic carbocycles. The molecule has 1 aliphatic rings. The highest BCUT2D eigenvalue weighted by atomic mass is 16.5. The van der Waals surface area contributed by atoms with E-state index in [4.69, 9.17) is 4.74 Å². The van der Waals surface area contributed by atoms with Crippen molar-refractivity contribution < 1.29 is 9.53 Å². The van der Waals surface area contributed by atoms with Crippen LogP contribution in [0, 0.1) is 0 Å². The van der Waals surface area contributed by atoms with E-state index in [9.17, 15) is 4.79 Å². The van der Waals surface area contributed by atoms with Crippen molar-refractivity contribution in [1.82, 2.24) is 15.2 Å². The molecule has 1 aromatic heterocycles. The Morgan fingerprint density at radius 2 is 2.33 bits per heavy atom. The maximum atomic E-state index is 12.2. The van der Waals surface area contributed by atoms with Crippen LogP contribution < -0.4 is 10.1 Å². The highest BCUT2D eigenvalue weighted by Gasteiger charge is 2.27. The van der Waals surface area contributed by atoms with Gasteiger partial charge in [-0.3, -0.25) is 4.79 Å². The Kier molecular flexibility index (Phi) is 5.17. The van der Waals surface area contributed by atoms with Gasteiger partial charge in [0.15, 0.2) is 0 Å². The van der Waals surface area contributed by atoms with E-state index in [-0.39, 0.29) is 5.91 Å². The average Bonchev–Trinajstić information content (AvgIpc) is 2.83. The summed E-state index contributed by atoms with van der Waals surface area (Å²) in [5, 5.41) is 3.06. The van der Waals surface area contributed by atoms with Gasteiger partial charge in [0, 0.05) is 24.7 Å². The van der Waals surface area contributed by atoms with E-state index >= 15 is 0 Å². The molecule has 1 N–H and O–H groups in total. The first-order chi connectivity index (χ1) is 9.96. The second-order valence-corrected chi connectivity index (χ2v) is 6.37. The largest absolute Gasteiger partial charge is 0.475 e. The van der Waals surface area contributed by atoms with Crippen LogP contribution in [0.5, 0.6) is 5.88 Å². The van der Waals surface area contributed by atoms with Crippen LogP contribution in [0.4, 0.5) is 0 Å². The van der Waals surface area contributed by atoms with Gasteiger partial charge in [0.25, 0.3) is 0 Å². The Balaban J connectivity index is 1.78. The number of carbonyl (C=O) groups excluding carboxylic acids is 1. The van der Waals surface area contributed by atoms with E-state index in [1.807, 2.05) is 32.0 Å². The second-order valence-electron chi connectivity index (χ2n) is 6.37. The second kappa shape index (κ2) is 6.89. The summed E-state index contributed by atoms with van der Waals surface area (Å²) in [6.45, 7) is 5.42. The molecule has 2 rings (SSSR count). The van der Waals surface area contributed by atoms with Crippen molar-refractivity contribution in [3.8, 4) is 5.88 Å². The minimum atomic E-state index is -0.411. The molecule has 1 aromatic rings. The first kappa shape index (κ1) is 15.8. The van der Waals surface area contributed by atoms with Gasteiger partial charge in [-0.25, -0.2) is 4.98 Å². The number of amides is 1. The van der Waals surface area contributed by atoms with Gasteiger partial charge < -0.3 is 15.0 Å². The van der Waals surface area contributed by atoms with E-state index in [1.54, 1.807) is 6.20 Å². The first-order valence-corrected chi connectivity index (χ1v) is 7.51. The van der Waals surface area contributed by atoms with Crippen molar-refractivity contribution >= 4 is 5.91 Å². The van der Waals surface area contributed by atoms with Crippen LogP contribution in [0.1, 0.15) is 33.1 Å². The number of nitrogens with zero attached hydrogens (tertiary/aromatic N) is 2. The van der Waals surface area contributed by atoms with Crippen molar-refractivity contribution in [2.45, 2.75) is 44.7 Å². The van der Waals surface area contributed by atoms with Gasteiger partial charge in [-0.2, -0.15) is 0 Å². The minimum absolute atomic E-state index is 0.0865. The standard InChI is InChI=1S/C16H25N3O2/c1-16(2,12-21-15-8-4-5-9-17-15)18-14(20)11-13-7-6-10-19(13)3/h4-5,8-9,13H,6-7,10-12H2,1-3H3,(H,18,20). The molecule has 21 heavy (non-hydrogen) atoms. The smallest absolute Gasteiger partial charge is 0.222 e. The number of nitrogens with one attached hydrogen (secondary N) is 1. The topological polar surface area (TPSA) is 54.5 Å². The van der Waals surface area contributed by atoms with Gasteiger partial charge in [0.1, 0.15) is 6.61 Å². The molecule has 1 unspecified atom stereocenters. The van der Waals surface area contributed by atoms with Gasteiger partial charge >= 0.3 is 0 Å². The van der Waals surface area contributed by atoms with Crippen molar-refractivity contribution in [3.63, 3.8) is 0 Å². The lowest BCUT2D eigenvalue weighted by Crippen LogP contribution is -2.49. The predicted octanol–water partition coefficient (Wildman–Crippen LogP) is 1.84. The van der Waals surface area contributed by atoms with Crippen LogP contribution in [-0.2, 0) is 4.79 Å². The maximum Gasteiger partial charge on any atom is 0.222 e. The summed E-state index contributed by atoms with van der Waals surface area (Å²) < 4.78 is 5.63. The molecule has 5 nitrogen and oxygen atoms in total. The summed E-state index contributed by atoms with van der Waals surface area (Å²) in [7, 11) is 2.08. The van der Waals surface area contributed by atoms with Gasteiger partial charge in [0.2, 0.25) is 11.8 Å². The third kappa shape index (κ3) is 5.01. The van der Waals surface area contributed by atoms with E-state index in [0.717, 1.165) is 13.0 Å². The summed E-state index contributed by atoms with van der Waals surface area (Å²) in [5.74, 6) is 0.665. The van der Waals surface area contributed by atoms with Crippen LogP contribution in [-0.4, -0.2) is 47.6 Å². The molecule has 1 fully saturated rings. The van der Waals surface area contributed by atoms with Gasteiger partial charge in [-0.15, -0.1) is 0 Å². The fourth-order valence-corrected chi connectivity index (χ4v) is 2.60. The zero-order valence-corrected chi connectivity index (χ0v) is 13.1. The molecule has 5 heteroatoms. The van der Waals surface area contributed by atoms with Gasteiger partial charge in [-0.05, 0) is 46.3 Å². The molecule has 116 valence electrons. The average molecular weight is 291 g/mol. The third-order valence-corrected chi connectivity index (χ3v) is 3.79.